The molecule has 0 saturated heterocycles. The first kappa shape index (κ1) is 23.8. The molecule has 0 heterocycles. The van der Waals surface area contributed by atoms with Crippen LogP contribution in [0.5, 0.6) is 23.0 Å². The SMILES string of the molecule is COc1ccc(C(=O)NN=C(C)CC(=O)Nc2cc(OC)c(Cl)cc2OC)c(OC)c1. The van der Waals surface area contributed by atoms with Crippen LogP contribution in [-0.4, -0.2) is 46.0 Å². The smallest absolute Gasteiger partial charge is 0.275 e. The van der Waals surface area contributed by atoms with Crippen molar-refractivity contribution in [2.24, 2.45) is 5.10 Å². The number of hydrazone groups is 1. The number of methoxy groups -OCH3 is 4. The van der Waals surface area contributed by atoms with Crippen LogP contribution in [0.25, 0.3) is 0 Å². The Morgan fingerprint density at radius 1 is 0.935 bits per heavy atom. The molecule has 9 nitrogen and oxygen atoms in total. The Labute approximate surface area is 185 Å². The Morgan fingerprint density at radius 3 is 2.23 bits per heavy atom. The number of hydrogen-bond acceptors (Lipinski definition) is 7. The number of carbonyl (C=O) groups excluding carboxylic acids is 2. The summed E-state index contributed by atoms with van der Waals surface area (Å²) in [5, 5.41) is 7.05. The Bertz CT molecular complexity index is 993. The van der Waals surface area contributed by atoms with Crippen LogP contribution in [0.1, 0.15) is 23.7 Å². The molecule has 0 unspecified atom stereocenters. The van der Waals surface area contributed by atoms with E-state index in [1.165, 1.54) is 28.4 Å². The number of anilines is 1. The number of benzene rings is 2. The summed E-state index contributed by atoms with van der Waals surface area (Å²) in [5.74, 6) is 0.825. The second kappa shape index (κ2) is 11.1. The van der Waals surface area contributed by atoms with Gasteiger partial charge in [0.25, 0.3) is 5.91 Å². The van der Waals surface area contributed by atoms with Crippen LogP contribution in [-0.2, 0) is 4.79 Å². The highest BCUT2D eigenvalue weighted by Gasteiger charge is 2.15. The largest absolute Gasteiger partial charge is 0.497 e. The third kappa shape index (κ3) is 6.26. The van der Waals surface area contributed by atoms with Gasteiger partial charge in [0.1, 0.15) is 23.0 Å². The fourth-order valence-electron chi connectivity index (χ4n) is 2.62. The summed E-state index contributed by atoms with van der Waals surface area (Å²) in [4.78, 5) is 24.8. The molecule has 0 aromatic heterocycles. The molecule has 0 bridgehead atoms. The molecule has 10 heteroatoms. The van der Waals surface area contributed by atoms with E-state index in [4.69, 9.17) is 30.5 Å². The highest BCUT2D eigenvalue weighted by molar-refractivity contribution is 6.32. The maximum absolute atomic E-state index is 12.4. The van der Waals surface area contributed by atoms with Gasteiger partial charge in [-0.15, -0.1) is 0 Å². The van der Waals surface area contributed by atoms with Crippen molar-refractivity contribution in [1.82, 2.24) is 5.43 Å². The molecule has 2 N–H and O–H groups in total. The Balaban J connectivity index is 2.04. The number of halogens is 1. The van der Waals surface area contributed by atoms with E-state index >= 15 is 0 Å². The van der Waals surface area contributed by atoms with Gasteiger partial charge in [0, 0.05) is 23.9 Å². The van der Waals surface area contributed by atoms with Crippen LogP contribution in [0.4, 0.5) is 5.69 Å². The predicted molar refractivity (Wildman–Crippen MR) is 118 cm³/mol. The topological polar surface area (TPSA) is 107 Å². The van der Waals surface area contributed by atoms with E-state index in [9.17, 15) is 9.59 Å². The molecular weight excluding hydrogens is 426 g/mol. The lowest BCUT2D eigenvalue weighted by Crippen LogP contribution is -2.22. The van der Waals surface area contributed by atoms with Crippen LogP contribution >= 0.6 is 11.6 Å². The van der Waals surface area contributed by atoms with Crippen LogP contribution in [0.2, 0.25) is 5.02 Å². The molecule has 0 saturated carbocycles. The van der Waals surface area contributed by atoms with E-state index in [2.05, 4.69) is 15.8 Å². The average Bonchev–Trinajstić information content (AvgIpc) is 2.77. The minimum Gasteiger partial charge on any atom is -0.497 e. The van der Waals surface area contributed by atoms with Crippen molar-refractivity contribution in [3.8, 4) is 23.0 Å². The second-order valence-electron chi connectivity index (χ2n) is 6.27. The van der Waals surface area contributed by atoms with E-state index in [1.54, 1.807) is 37.3 Å². The standard InChI is InChI=1S/C21H24ClN3O6/c1-12(24-25-21(27)14-7-6-13(28-2)9-17(14)29-3)8-20(26)23-16-11-18(30-4)15(22)10-19(16)31-5/h6-7,9-11H,8H2,1-5H3,(H,23,26)(H,25,27). The zero-order chi connectivity index (χ0) is 23.0. The fourth-order valence-corrected chi connectivity index (χ4v) is 2.85. The first-order valence-electron chi connectivity index (χ1n) is 9.09. The van der Waals surface area contributed by atoms with E-state index < -0.39 is 5.91 Å². The summed E-state index contributed by atoms with van der Waals surface area (Å²) in [6, 6.07) is 7.88. The predicted octanol–water partition coefficient (Wildman–Crippen LogP) is 3.51. The molecule has 31 heavy (non-hydrogen) atoms. The number of carbonyl (C=O) groups is 2. The van der Waals surface area contributed by atoms with Crippen LogP contribution in [0.3, 0.4) is 0 Å². The first-order valence-corrected chi connectivity index (χ1v) is 9.47. The molecule has 2 amide bonds. The number of rotatable bonds is 9. The van der Waals surface area contributed by atoms with Crippen LogP contribution < -0.4 is 29.7 Å². The van der Waals surface area contributed by atoms with E-state index in [0.29, 0.717) is 39.4 Å². The molecule has 0 spiro atoms. The number of hydrogen-bond donors (Lipinski definition) is 2. The minimum atomic E-state index is -0.483. The zero-order valence-corrected chi connectivity index (χ0v) is 18.6. The number of ether oxygens (including phenoxy) is 4. The van der Waals surface area contributed by atoms with Crippen molar-refractivity contribution >= 4 is 34.8 Å². The van der Waals surface area contributed by atoms with Crippen molar-refractivity contribution in [3.05, 3.63) is 40.9 Å². The first-order chi connectivity index (χ1) is 14.8. The van der Waals surface area contributed by atoms with Gasteiger partial charge < -0.3 is 24.3 Å². The molecule has 0 aliphatic heterocycles. The van der Waals surface area contributed by atoms with Crippen molar-refractivity contribution in [2.45, 2.75) is 13.3 Å². The molecule has 0 atom stereocenters. The quantitative estimate of drug-likeness (QED) is 0.448. The summed E-state index contributed by atoms with van der Waals surface area (Å²) >= 11 is 6.07. The van der Waals surface area contributed by atoms with Crippen LogP contribution in [0, 0.1) is 0 Å². The van der Waals surface area contributed by atoms with E-state index in [-0.39, 0.29) is 17.9 Å². The van der Waals surface area contributed by atoms with E-state index in [0.717, 1.165) is 0 Å². The summed E-state index contributed by atoms with van der Waals surface area (Å²) in [6.45, 7) is 1.62. The monoisotopic (exact) mass is 449 g/mol. The van der Waals surface area contributed by atoms with Crippen molar-refractivity contribution < 1.29 is 28.5 Å². The fraction of sp³-hybridized carbons (Fsp3) is 0.286. The summed E-state index contributed by atoms with van der Waals surface area (Å²) in [5.41, 5.74) is 3.48. The van der Waals surface area contributed by atoms with Crippen LogP contribution in [0.15, 0.2) is 35.4 Å². The molecule has 2 aromatic rings. The lowest BCUT2D eigenvalue weighted by Gasteiger charge is -2.13. The lowest BCUT2D eigenvalue weighted by molar-refractivity contribution is -0.115. The Kier molecular flexibility index (Phi) is 8.51. The molecule has 166 valence electrons. The van der Waals surface area contributed by atoms with Gasteiger partial charge in [0.15, 0.2) is 0 Å². The average molecular weight is 450 g/mol. The van der Waals surface area contributed by atoms with Gasteiger partial charge in [0.05, 0.1) is 51.1 Å². The molecule has 0 radical (unpaired) electrons. The normalized spacial score (nSPS) is 10.8. The highest BCUT2D eigenvalue weighted by atomic mass is 35.5. The lowest BCUT2D eigenvalue weighted by atomic mass is 10.2. The third-order valence-corrected chi connectivity index (χ3v) is 4.46. The molecule has 0 fully saturated rings. The molecule has 2 rings (SSSR count). The Hall–Kier alpha value is -3.46. The summed E-state index contributed by atoms with van der Waals surface area (Å²) in [7, 11) is 5.90. The molecule has 0 aliphatic rings. The minimum absolute atomic E-state index is 0.0614. The van der Waals surface area contributed by atoms with Gasteiger partial charge >= 0.3 is 0 Å². The molecule has 2 aromatic carbocycles. The number of nitrogens with zero attached hydrogens (tertiary/aromatic N) is 1. The third-order valence-electron chi connectivity index (χ3n) is 4.17. The zero-order valence-electron chi connectivity index (χ0n) is 17.9. The molecular formula is C21H24ClN3O6. The maximum atomic E-state index is 12.4. The highest BCUT2D eigenvalue weighted by Crippen LogP contribution is 2.35. The maximum Gasteiger partial charge on any atom is 0.275 e. The van der Waals surface area contributed by atoms with Crippen molar-refractivity contribution in [3.63, 3.8) is 0 Å². The van der Waals surface area contributed by atoms with Crippen molar-refractivity contribution in [2.75, 3.05) is 33.8 Å². The molecule has 0 aliphatic carbocycles. The number of nitrogens with one attached hydrogen (secondary N) is 2. The van der Waals surface area contributed by atoms with Crippen molar-refractivity contribution in [1.29, 1.82) is 0 Å². The van der Waals surface area contributed by atoms with Gasteiger partial charge in [-0.3, -0.25) is 9.59 Å². The van der Waals surface area contributed by atoms with Gasteiger partial charge in [-0.05, 0) is 19.1 Å². The van der Waals surface area contributed by atoms with Gasteiger partial charge in [0.2, 0.25) is 5.91 Å². The summed E-state index contributed by atoms with van der Waals surface area (Å²) < 4.78 is 20.7. The van der Waals surface area contributed by atoms with Gasteiger partial charge in [-0.2, -0.15) is 5.10 Å². The summed E-state index contributed by atoms with van der Waals surface area (Å²) in [6.07, 6.45) is -0.0614. The second-order valence-corrected chi connectivity index (χ2v) is 6.67. The van der Waals surface area contributed by atoms with E-state index in [1.807, 2.05) is 0 Å². The Morgan fingerprint density at radius 2 is 1.61 bits per heavy atom. The number of amides is 2. The van der Waals surface area contributed by atoms with Gasteiger partial charge in [-0.25, -0.2) is 5.43 Å². The van der Waals surface area contributed by atoms with Gasteiger partial charge in [-0.1, -0.05) is 11.6 Å².